The van der Waals surface area contributed by atoms with E-state index >= 15 is 0 Å². The minimum Gasteiger partial charge on any atom is -0.507 e. The molecule has 0 radical (unpaired) electrons. The van der Waals surface area contributed by atoms with Gasteiger partial charge in [0.05, 0.1) is 12.6 Å². The fraction of sp³-hybridized carbons (Fsp3) is 0.333. The molecule has 0 spiro atoms. The normalized spacial score (nSPS) is 13.4. The number of hydrogen-bond donors (Lipinski definition) is 3. The zero-order chi connectivity index (χ0) is 7.56. The summed E-state index contributed by atoms with van der Waals surface area (Å²) in [5.41, 5.74) is 6.05. The van der Waals surface area contributed by atoms with Gasteiger partial charge in [0.1, 0.15) is 5.75 Å². The van der Waals surface area contributed by atoms with Gasteiger partial charge in [-0.2, -0.15) is 0 Å². The summed E-state index contributed by atoms with van der Waals surface area (Å²) in [5, 5.41) is 21.0. The van der Waals surface area contributed by atoms with Crippen LogP contribution in [-0.2, 0) is 0 Å². The summed E-state index contributed by atoms with van der Waals surface area (Å²) in [7, 11) is 0. The summed E-state index contributed by atoms with van der Waals surface area (Å²) in [6, 6.07) is -0.453. The third-order valence-corrected chi connectivity index (χ3v) is 2.02. The van der Waals surface area contributed by atoms with Crippen molar-refractivity contribution in [1.82, 2.24) is 0 Å². The molecule has 0 unspecified atom stereocenters. The van der Waals surface area contributed by atoms with Gasteiger partial charge in [0, 0.05) is 10.9 Å². The van der Waals surface area contributed by atoms with Crippen LogP contribution in [0.4, 0.5) is 0 Å². The number of aromatic hydroxyl groups is 1. The predicted molar refractivity (Wildman–Crippen MR) is 40.0 cm³/mol. The van der Waals surface area contributed by atoms with Crippen LogP contribution in [0.1, 0.15) is 11.6 Å². The smallest absolute Gasteiger partial charge is 0.131 e. The predicted octanol–water partition coefficient (Wildman–Crippen LogP) is 0.446. The first-order valence-electron chi connectivity index (χ1n) is 2.87. The van der Waals surface area contributed by atoms with Crippen LogP contribution in [0.2, 0.25) is 0 Å². The summed E-state index contributed by atoms with van der Waals surface area (Å²) in [6.07, 6.45) is 0. The van der Waals surface area contributed by atoms with Crippen LogP contribution in [0.5, 0.6) is 5.75 Å². The zero-order valence-corrected chi connectivity index (χ0v) is 6.14. The molecule has 0 saturated heterocycles. The van der Waals surface area contributed by atoms with E-state index in [1.165, 1.54) is 11.3 Å². The van der Waals surface area contributed by atoms with Crippen LogP contribution < -0.4 is 5.73 Å². The van der Waals surface area contributed by atoms with Gasteiger partial charge >= 0.3 is 0 Å². The van der Waals surface area contributed by atoms with Crippen molar-refractivity contribution in [1.29, 1.82) is 0 Å². The molecule has 3 nitrogen and oxygen atoms in total. The molecule has 4 heteroatoms. The number of nitrogens with two attached hydrogens (primary N) is 1. The van der Waals surface area contributed by atoms with Crippen LogP contribution in [0.15, 0.2) is 10.8 Å². The lowest BCUT2D eigenvalue weighted by atomic mass is 10.2. The highest BCUT2D eigenvalue weighted by Gasteiger charge is 2.09. The Labute approximate surface area is 62.7 Å². The number of aliphatic hydroxyl groups is 1. The van der Waals surface area contributed by atoms with Crippen molar-refractivity contribution in [2.45, 2.75) is 6.04 Å². The van der Waals surface area contributed by atoms with Gasteiger partial charge < -0.3 is 15.9 Å². The van der Waals surface area contributed by atoms with Crippen LogP contribution in [0.3, 0.4) is 0 Å². The van der Waals surface area contributed by atoms with Crippen molar-refractivity contribution in [2.75, 3.05) is 6.61 Å². The molecule has 0 aliphatic heterocycles. The Morgan fingerprint density at radius 3 is 2.70 bits per heavy atom. The van der Waals surface area contributed by atoms with Crippen LogP contribution in [0, 0.1) is 0 Å². The first kappa shape index (κ1) is 7.53. The van der Waals surface area contributed by atoms with Gasteiger partial charge in [0.15, 0.2) is 0 Å². The van der Waals surface area contributed by atoms with Crippen molar-refractivity contribution in [3.63, 3.8) is 0 Å². The van der Waals surface area contributed by atoms with E-state index < -0.39 is 6.04 Å². The highest BCUT2D eigenvalue weighted by Crippen LogP contribution is 2.26. The molecule has 0 bridgehead atoms. The SMILES string of the molecule is N[C@@H](CO)c1cscc1O. The van der Waals surface area contributed by atoms with E-state index in [1.807, 2.05) is 0 Å². The third-order valence-electron chi connectivity index (χ3n) is 1.27. The van der Waals surface area contributed by atoms with E-state index in [4.69, 9.17) is 15.9 Å². The largest absolute Gasteiger partial charge is 0.507 e. The van der Waals surface area contributed by atoms with Crippen LogP contribution in [-0.4, -0.2) is 16.8 Å². The van der Waals surface area contributed by atoms with Crippen molar-refractivity contribution in [2.24, 2.45) is 5.73 Å². The van der Waals surface area contributed by atoms with E-state index in [2.05, 4.69) is 0 Å². The Bertz CT molecular complexity index is 211. The van der Waals surface area contributed by atoms with Crippen molar-refractivity contribution < 1.29 is 10.2 Å². The fourth-order valence-corrected chi connectivity index (χ4v) is 1.45. The maximum Gasteiger partial charge on any atom is 0.131 e. The second-order valence-corrected chi connectivity index (χ2v) is 2.75. The van der Waals surface area contributed by atoms with E-state index in [0.717, 1.165) is 0 Å². The van der Waals surface area contributed by atoms with Gasteiger partial charge in [-0.25, -0.2) is 0 Å². The topological polar surface area (TPSA) is 66.5 Å². The lowest BCUT2D eigenvalue weighted by Gasteiger charge is -2.04. The van der Waals surface area contributed by atoms with E-state index in [0.29, 0.717) is 5.56 Å². The average Bonchev–Trinajstić information content (AvgIpc) is 2.34. The molecule has 1 aromatic rings. The van der Waals surface area contributed by atoms with Crippen molar-refractivity contribution in [3.8, 4) is 5.75 Å². The molecule has 0 aliphatic carbocycles. The first-order chi connectivity index (χ1) is 4.75. The molecular weight excluding hydrogens is 150 g/mol. The highest BCUT2D eigenvalue weighted by molar-refractivity contribution is 7.08. The van der Waals surface area contributed by atoms with Crippen molar-refractivity contribution >= 4 is 11.3 Å². The molecule has 1 aromatic heterocycles. The molecule has 0 fully saturated rings. The molecule has 0 amide bonds. The lowest BCUT2D eigenvalue weighted by Crippen LogP contribution is -2.13. The van der Waals surface area contributed by atoms with E-state index in [-0.39, 0.29) is 12.4 Å². The molecule has 56 valence electrons. The average molecular weight is 159 g/mol. The van der Waals surface area contributed by atoms with Crippen LogP contribution in [0.25, 0.3) is 0 Å². The van der Waals surface area contributed by atoms with E-state index in [1.54, 1.807) is 10.8 Å². The molecule has 0 saturated carbocycles. The fourth-order valence-electron chi connectivity index (χ4n) is 0.676. The standard InChI is InChI=1S/C6H9NO2S/c7-5(1-8)4-2-10-3-6(4)9/h2-3,5,8-9H,1,7H2/t5-/m0/s1. The highest BCUT2D eigenvalue weighted by atomic mass is 32.1. The first-order valence-corrected chi connectivity index (χ1v) is 3.81. The number of thiophene rings is 1. The summed E-state index contributed by atoms with van der Waals surface area (Å²) < 4.78 is 0. The Hall–Kier alpha value is -0.580. The molecule has 4 N–H and O–H groups in total. The minimum absolute atomic E-state index is 0.135. The summed E-state index contributed by atoms with van der Waals surface area (Å²) in [4.78, 5) is 0. The second kappa shape index (κ2) is 3.01. The zero-order valence-electron chi connectivity index (χ0n) is 5.32. The van der Waals surface area contributed by atoms with Gasteiger partial charge in [-0.15, -0.1) is 11.3 Å². The van der Waals surface area contributed by atoms with Crippen molar-refractivity contribution in [3.05, 3.63) is 16.3 Å². The molecule has 0 aromatic carbocycles. The Morgan fingerprint density at radius 2 is 2.30 bits per heavy atom. The molecular formula is C6H9NO2S. The summed E-state index contributed by atoms with van der Waals surface area (Å²) >= 11 is 1.37. The second-order valence-electron chi connectivity index (χ2n) is 2.00. The summed E-state index contributed by atoms with van der Waals surface area (Å²) in [6.45, 7) is -0.135. The van der Waals surface area contributed by atoms with Gasteiger partial charge in [-0.1, -0.05) is 0 Å². The quantitative estimate of drug-likeness (QED) is 0.586. The summed E-state index contributed by atoms with van der Waals surface area (Å²) in [5.74, 6) is 0.173. The van der Waals surface area contributed by atoms with Gasteiger partial charge in [-0.3, -0.25) is 0 Å². The Balaban J connectivity index is 2.82. The Morgan fingerprint density at radius 1 is 1.60 bits per heavy atom. The van der Waals surface area contributed by atoms with Gasteiger partial charge in [0.2, 0.25) is 0 Å². The molecule has 1 atom stereocenters. The molecule has 1 rings (SSSR count). The van der Waals surface area contributed by atoms with Gasteiger partial charge in [0.25, 0.3) is 0 Å². The maximum absolute atomic E-state index is 9.07. The monoisotopic (exact) mass is 159 g/mol. The number of aliphatic hydroxyl groups excluding tert-OH is 1. The lowest BCUT2D eigenvalue weighted by molar-refractivity contribution is 0.265. The minimum atomic E-state index is -0.453. The van der Waals surface area contributed by atoms with Gasteiger partial charge in [-0.05, 0) is 5.38 Å². The number of rotatable bonds is 2. The number of hydrogen-bond acceptors (Lipinski definition) is 4. The molecule has 1 heterocycles. The van der Waals surface area contributed by atoms with E-state index in [9.17, 15) is 0 Å². The molecule has 10 heavy (non-hydrogen) atoms. The van der Waals surface area contributed by atoms with Crippen LogP contribution >= 0.6 is 11.3 Å². The molecule has 0 aliphatic rings. The Kier molecular flexibility index (Phi) is 2.26. The maximum atomic E-state index is 9.07. The third kappa shape index (κ3) is 1.29.